The summed E-state index contributed by atoms with van der Waals surface area (Å²) in [5.74, 6) is 2.51. The van der Waals surface area contributed by atoms with Crippen LogP contribution < -0.4 is 31.7 Å². The Kier molecular flexibility index (Phi) is 24.9. The van der Waals surface area contributed by atoms with Gasteiger partial charge in [0.2, 0.25) is 29.5 Å². The zero-order valence-corrected chi connectivity index (χ0v) is 48.0. The van der Waals surface area contributed by atoms with Crippen LogP contribution in [0.3, 0.4) is 0 Å². The summed E-state index contributed by atoms with van der Waals surface area (Å²) in [4.78, 5) is 88.5. The van der Waals surface area contributed by atoms with Crippen molar-refractivity contribution in [2.24, 2.45) is 5.73 Å². The number of carbonyl (C=O) groups excluding carboxylic acids is 6. The van der Waals surface area contributed by atoms with Gasteiger partial charge in [-0.05, 0) is 119 Å². The van der Waals surface area contributed by atoms with Gasteiger partial charge < -0.3 is 61.2 Å². The molecular weight excluding hydrogens is 1070 g/mol. The molecule has 0 spiro atoms. The minimum Gasteiger partial charge on any atom is -0.497 e. The molecule has 8 atom stereocenters. The smallest absolute Gasteiger partial charge is 0.471 e. The summed E-state index contributed by atoms with van der Waals surface area (Å²) in [5, 5.41) is 21.1. The molecule has 2 heterocycles. The number of likely N-dealkylation sites (tertiary alicyclic amines) is 2. The van der Waals surface area contributed by atoms with Gasteiger partial charge in [-0.2, -0.15) is 13.2 Å². The lowest BCUT2D eigenvalue weighted by atomic mass is 10.0. The third-order valence-electron chi connectivity index (χ3n) is 15.3. The van der Waals surface area contributed by atoms with E-state index in [0.717, 1.165) is 21.6 Å². The molecule has 0 radical (unpaired) electrons. The number of alkyl halides is 3. The molecule has 4 aromatic carbocycles. The average Bonchev–Trinajstić information content (AvgIpc) is 4.41. The molecule has 18 nitrogen and oxygen atoms in total. The summed E-state index contributed by atoms with van der Waals surface area (Å²) in [6.45, 7) is 3.30. The monoisotopic (exact) mass is 1150 g/mol. The van der Waals surface area contributed by atoms with Crippen LogP contribution in [0.1, 0.15) is 67.3 Å². The number of nitrogens with two attached hydrogens (primary N) is 1. The molecule has 21 heteroatoms. The van der Waals surface area contributed by atoms with Crippen molar-refractivity contribution in [3.8, 4) is 17.6 Å². The number of halogens is 3. The highest BCUT2D eigenvalue weighted by Crippen LogP contribution is 2.26. The number of rotatable bonds is 28. The van der Waals surface area contributed by atoms with Crippen LogP contribution in [0.4, 0.5) is 13.2 Å². The number of hydrogen-bond acceptors (Lipinski definition) is 12. The standard InChI is InChI=1S/C62H80F3N9O9/c1-42(67-3)56(76)70-55(60(80)74-33-13-20-49(74)39-71(34-30-44-15-8-6-9-16-44)58(78)52(66)37-47-26-28-51(82-5)29-27-47)43(2)83-36-14-19-46-22-24-48(25-23-46)38-53(69-57(77)54(41-75)68-4)59(79)73-32-12-21-50(73)40-72(61(81)62(63,64)65)35-31-45-17-10-7-11-18-45/h6-11,15-18,22-29,42-43,49-50,52-55,67-68,75H,12-13,20-21,30-41,66H2,1-5H3,(H,69,77)(H,70,76)/t42-,43+,49-,50-,52+,53-,54-,55-/m0/s1. The quantitative estimate of drug-likeness (QED) is 0.0450. The van der Waals surface area contributed by atoms with Crippen molar-refractivity contribution in [1.82, 2.24) is 40.9 Å². The van der Waals surface area contributed by atoms with Gasteiger partial charge in [0, 0.05) is 63.3 Å². The minimum atomic E-state index is -5.13. The number of benzene rings is 4. The number of nitrogens with one attached hydrogen (secondary N) is 4. The minimum absolute atomic E-state index is 0.0193. The summed E-state index contributed by atoms with van der Waals surface area (Å²) in [6.07, 6.45) is -2.83. The Morgan fingerprint density at radius 2 is 1.24 bits per heavy atom. The lowest BCUT2D eigenvalue weighted by molar-refractivity contribution is -0.186. The van der Waals surface area contributed by atoms with Crippen LogP contribution in [0.2, 0.25) is 0 Å². The van der Waals surface area contributed by atoms with Crippen molar-refractivity contribution >= 4 is 35.4 Å². The molecule has 0 saturated carbocycles. The van der Waals surface area contributed by atoms with Crippen LogP contribution in [-0.2, 0) is 59.2 Å². The van der Waals surface area contributed by atoms with E-state index in [1.807, 2.05) is 54.6 Å². The van der Waals surface area contributed by atoms with E-state index in [0.29, 0.717) is 68.5 Å². The average molecular weight is 1150 g/mol. The van der Waals surface area contributed by atoms with Gasteiger partial charge in [0.05, 0.1) is 31.9 Å². The highest BCUT2D eigenvalue weighted by Gasteiger charge is 2.45. The van der Waals surface area contributed by atoms with E-state index in [9.17, 15) is 47.0 Å². The highest BCUT2D eigenvalue weighted by molar-refractivity contribution is 5.91. The first-order valence-corrected chi connectivity index (χ1v) is 28.3. The van der Waals surface area contributed by atoms with E-state index in [1.165, 1.54) is 11.9 Å². The van der Waals surface area contributed by atoms with Crippen molar-refractivity contribution in [3.05, 3.63) is 137 Å². The number of ether oxygens (including phenoxy) is 2. The van der Waals surface area contributed by atoms with Crippen molar-refractivity contribution < 1.29 is 56.5 Å². The zero-order chi connectivity index (χ0) is 60.1. The lowest BCUT2D eigenvalue weighted by Crippen LogP contribution is -2.59. The van der Waals surface area contributed by atoms with Crippen molar-refractivity contribution in [2.75, 3.05) is 73.7 Å². The predicted octanol–water partition coefficient (Wildman–Crippen LogP) is 3.41. The summed E-state index contributed by atoms with van der Waals surface area (Å²) in [6, 6.07) is 26.9. The SMILES string of the molecule is CN[C@@H](C)C(=O)N[C@H](C(=O)N1CCC[C@H]1CN(CCc1ccccc1)C(=O)[C@H](N)Cc1ccc(OC)cc1)[C@@H](C)OCC#Cc1ccc(C[C@H](NC(=O)[C@H](CO)NC)C(=O)N2CCC[C@H]2CN(CCc2ccccc2)C(=O)C(F)(F)F)cc1. The van der Waals surface area contributed by atoms with Crippen LogP contribution >= 0.6 is 0 Å². The van der Waals surface area contributed by atoms with Crippen LogP contribution in [0.5, 0.6) is 5.75 Å². The Balaban J connectivity index is 1.13. The summed E-state index contributed by atoms with van der Waals surface area (Å²) >= 11 is 0. The number of nitrogens with zero attached hydrogens (tertiary/aromatic N) is 4. The fourth-order valence-electron chi connectivity index (χ4n) is 10.4. The van der Waals surface area contributed by atoms with E-state index < -0.39 is 78.8 Å². The van der Waals surface area contributed by atoms with E-state index in [1.54, 1.807) is 92.4 Å². The Labute approximate surface area is 485 Å². The predicted molar refractivity (Wildman–Crippen MR) is 308 cm³/mol. The maximum atomic E-state index is 14.7. The summed E-state index contributed by atoms with van der Waals surface area (Å²) < 4.78 is 53.2. The fourth-order valence-corrected chi connectivity index (χ4v) is 10.4. The topological polar surface area (TPSA) is 228 Å². The van der Waals surface area contributed by atoms with Gasteiger partial charge in [0.1, 0.15) is 30.5 Å². The number of aliphatic hydroxyl groups excluding tert-OH is 1. The number of likely N-dealkylation sites (N-methyl/N-ethyl adjacent to an activating group) is 2. The van der Waals surface area contributed by atoms with Crippen molar-refractivity contribution in [1.29, 1.82) is 0 Å². The fraction of sp³-hybridized carbons (Fsp3) is 0.484. The Morgan fingerprint density at radius 3 is 1.78 bits per heavy atom. The molecule has 2 aliphatic rings. The number of aliphatic hydroxyl groups is 1. The number of methoxy groups -OCH3 is 1. The molecule has 2 fully saturated rings. The molecule has 2 aliphatic heterocycles. The molecule has 7 N–H and O–H groups in total. The Hall–Kier alpha value is -7.35. The van der Waals surface area contributed by atoms with Gasteiger partial charge in [-0.25, -0.2) is 0 Å². The normalized spacial score (nSPS) is 17.2. The molecule has 6 rings (SSSR count). The van der Waals surface area contributed by atoms with E-state index in [4.69, 9.17) is 15.2 Å². The molecule has 0 bridgehead atoms. The first-order valence-electron chi connectivity index (χ1n) is 28.3. The largest absolute Gasteiger partial charge is 0.497 e. The van der Waals surface area contributed by atoms with Gasteiger partial charge in [0.15, 0.2) is 0 Å². The van der Waals surface area contributed by atoms with Gasteiger partial charge >= 0.3 is 12.1 Å². The molecular formula is C62H80F3N9O9. The third kappa shape index (κ3) is 19.1. The summed E-state index contributed by atoms with van der Waals surface area (Å²) in [7, 11) is 4.70. The molecule has 0 aliphatic carbocycles. The lowest BCUT2D eigenvalue weighted by Gasteiger charge is -2.35. The molecule has 448 valence electrons. The second-order valence-corrected chi connectivity index (χ2v) is 21.1. The second-order valence-electron chi connectivity index (χ2n) is 21.1. The molecule has 83 heavy (non-hydrogen) atoms. The molecule has 6 amide bonds. The van der Waals surface area contributed by atoms with Gasteiger partial charge in [-0.3, -0.25) is 28.8 Å². The van der Waals surface area contributed by atoms with Crippen LogP contribution in [0.15, 0.2) is 109 Å². The van der Waals surface area contributed by atoms with Gasteiger partial charge in [0.25, 0.3) is 0 Å². The molecule has 4 aromatic rings. The van der Waals surface area contributed by atoms with Crippen molar-refractivity contribution in [2.45, 2.75) is 120 Å². The first-order chi connectivity index (χ1) is 39.8. The molecule has 2 saturated heterocycles. The van der Waals surface area contributed by atoms with E-state index in [-0.39, 0.29) is 63.5 Å². The molecule has 0 unspecified atom stereocenters. The van der Waals surface area contributed by atoms with Crippen LogP contribution in [0.25, 0.3) is 0 Å². The molecule has 0 aromatic heterocycles. The summed E-state index contributed by atoms with van der Waals surface area (Å²) in [5.41, 5.74) is 10.5. The van der Waals surface area contributed by atoms with Crippen LogP contribution in [-0.4, -0.2) is 188 Å². The maximum Gasteiger partial charge on any atom is 0.471 e. The van der Waals surface area contributed by atoms with Crippen molar-refractivity contribution in [3.63, 3.8) is 0 Å². The highest BCUT2D eigenvalue weighted by atomic mass is 19.4. The van der Waals surface area contributed by atoms with Gasteiger partial charge in [-0.15, -0.1) is 0 Å². The maximum absolute atomic E-state index is 14.7. The number of hydrogen-bond donors (Lipinski definition) is 6. The van der Waals surface area contributed by atoms with Crippen LogP contribution in [0, 0.1) is 11.8 Å². The number of amides is 6. The number of carbonyl (C=O) groups is 6. The third-order valence-corrected chi connectivity index (χ3v) is 15.3. The Bertz CT molecular complexity index is 2800. The zero-order valence-electron chi connectivity index (χ0n) is 48.0. The van der Waals surface area contributed by atoms with Gasteiger partial charge in [-0.1, -0.05) is 96.8 Å². The second kappa shape index (κ2) is 31.9. The van der Waals surface area contributed by atoms with E-state index in [2.05, 4.69) is 33.1 Å². The Morgan fingerprint density at radius 1 is 0.699 bits per heavy atom. The first kappa shape index (κ1) is 64.8. The van der Waals surface area contributed by atoms with E-state index >= 15 is 0 Å².